The van der Waals surface area contributed by atoms with Crippen LogP contribution in [0.25, 0.3) is 0 Å². The van der Waals surface area contributed by atoms with Crippen molar-refractivity contribution in [3.8, 4) is 11.5 Å². The number of carbonyl (C=O) groups is 2. The fourth-order valence-corrected chi connectivity index (χ4v) is 4.96. The molecular weight excluding hydrogens is 454 g/mol. The van der Waals surface area contributed by atoms with Gasteiger partial charge in [-0.05, 0) is 72.7 Å². The Balaban J connectivity index is 1.50. The molecule has 2 heterocycles. The first kappa shape index (κ1) is 25.2. The summed E-state index contributed by atoms with van der Waals surface area (Å²) in [6.45, 7) is 2.04. The Bertz CT molecular complexity index is 1210. The largest absolute Gasteiger partial charge is 0.493 e. The highest BCUT2D eigenvalue weighted by Gasteiger charge is 2.38. The van der Waals surface area contributed by atoms with E-state index in [2.05, 4.69) is 15.6 Å². The van der Waals surface area contributed by atoms with Crippen LogP contribution in [0, 0.1) is 6.92 Å². The zero-order valence-corrected chi connectivity index (χ0v) is 21.0. The maximum absolute atomic E-state index is 13.3. The molecule has 7 nitrogen and oxygen atoms in total. The second kappa shape index (κ2) is 11.2. The van der Waals surface area contributed by atoms with Crippen molar-refractivity contribution >= 4 is 11.8 Å². The van der Waals surface area contributed by atoms with Crippen molar-refractivity contribution in [3.63, 3.8) is 0 Å². The number of ether oxygens (including phenoxy) is 2. The number of rotatable bonds is 10. The Morgan fingerprint density at radius 1 is 1.08 bits per heavy atom. The van der Waals surface area contributed by atoms with Crippen LogP contribution in [0.4, 0.5) is 0 Å². The van der Waals surface area contributed by atoms with Crippen molar-refractivity contribution in [2.24, 2.45) is 0 Å². The van der Waals surface area contributed by atoms with Gasteiger partial charge in [0.2, 0.25) is 11.8 Å². The quantitative estimate of drug-likeness (QED) is 0.446. The summed E-state index contributed by atoms with van der Waals surface area (Å²) in [6, 6.07) is 17.4. The number of benzene rings is 2. The van der Waals surface area contributed by atoms with E-state index in [-0.39, 0.29) is 17.9 Å². The van der Waals surface area contributed by atoms with Gasteiger partial charge in [-0.25, -0.2) is 0 Å². The number of aryl methyl sites for hydroxylation is 1. The van der Waals surface area contributed by atoms with Crippen LogP contribution in [-0.2, 0) is 16.0 Å². The first-order valence-corrected chi connectivity index (χ1v) is 12.2. The predicted molar refractivity (Wildman–Crippen MR) is 138 cm³/mol. The lowest BCUT2D eigenvalue weighted by molar-refractivity contribution is -0.123. The summed E-state index contributed by atoms with van der Waals surface area (Å²) < 4.78 is 10.8. The number of pyridine rings is 1. The summed E-state index contributed by atoms with van der Waals surface area (Å²) >= 11 is 0. The number of carbonyl (C=O) groups excluding carboxylic acids is 2. The van der Waals surface area contributed by atoms with Crippen LogP contribution in [0.3, 0.4) is 0 Å². The van der Waals surface area contributed by atoms with Gasteiger partial charge in [-0.2, -0.15) is 0 Å². The van der Waals surface area contributed by atoms with Gasteiger partial charge in [0.1, 0.15) is 0 Å². The van der Waals surface area contributed by atoms with Gasteiger partial charge in [-0.1, -0.05) is 30.3 Å². The molecule has 0 saturated carbocycles. The molecule has 1 aliphatic heterocycles. The molecular formula is C29H33N3O4. The third kappa shape index (κ3) is 5.85. The van der Waals surface area contributed by atoms with Crippen molar-refractivity contribution < 1.29 is 19.1 Å². The smallest absolute Gasteiger partial charge is 0.220 e. The summed E-state index contributed by atoms with van der Waals surface area (Å²) in [7, 11) is 3.21. The lowest BCUT2D eigenvalue weighted by atomic mass is 9.84. The van der Waals surface area contributed by atoms with Gasteiger partial charge in [0, 0.05) is 30.8 Å². The lowest BCUT2D eigenvalue weighted by Gasteiger charge is -2.30. The average Bonchev–Trinajstić information content (AvgIpc) is 3.27. The summed E-state index contributed by atoms with van der Waals surface area (Å²) in [5.74, 6) is 1.26. The number of aromatic nitrogens is 1. The molecule has 4 rings (SSSR count). The highest BCUT2D eigenvalue weighted by Crippen LogP contribution is 2.34. The molecule has 0 unspecified atom stereocenters. The Morgan fingerprint density at radius 2 is 1.83 bits per heavy atom. The standard InChI is InChI=1S/C29H33N3O4/c1-20-6-4-5-7-23(20)28(22-12-16-30-17-13-22)31-26(33)10-14-29(15-11-27(34)32-29)19-21-8-9-24(35-2)25(18-21)36-3/h4-9,12-13,16-18,28H,10-11,14-15,19H2,1-3H3,(H,31,33)(H,32,34)/t28-,29+/m1/s1. The van der Waals surface area contributed by atoms with Crippen molar-refractivity contribution in [2.75, 3.05) is 14.2 Å². The number of hydrogen-bond acceptors (Lipinski definition) is 5. The van der Waals surface area contributed by atoms with Crippen molar-refractivity contribution in [2.45, 2.75) is 50.6 Å². The van der Waals surface area contributed by atoms with Crippen molar-refractivity contribution in [3.05, 3.63) is 89.2 Å². The fraction of sp³-hybridized carbons (Fsp3) is 0.345. The van der Waals surface area contributed by atoms with Gasteiger partial charge in [0.25, 0.3) is 0 Å². The van der Waals surface area contributed by atoms with Crippen molar-refractivity contribution in [1.29, 1.82) is 0 Å². The molecule has 1 aliphatic rings. The minimum absolute atomic E-state index is 0.0189. The number of nitrogens with zero attached hydrogens (tertiary/aromatic N) is 1. The second-order valence-corrected chi connectivity index (χ2v) is 9.33. The third-order valence-corrected chi connectivity index (χ3v) is 6.90. The summed E-state index contributed by atoms with van der Waals surface area (Å²) in [6.07, 6.45) is 6.05. The number of amides is 2. The van der Waals surface area contributed by atoms with E-state index in [0.717, 1.165) is 22.3 Å². The Labute approximate surface area is 212 Å². The third-order valence-electron chi connectivity index (χ3n) is 6.90. The Morgan fingerprint density at radius 3 is 2.50 bits per heavy atom. The Kier molecular flexibility index (Phi) is 7.88. The molecule has 1 aromatic heterocycles. The lowest BCUT2D eigenvalue weighted by Crippen LogP contribution is -2.44. The van der Waals surface area contributed by atoms with Gasteiger partial charge in [0.15, 0.2) is 11.5 Å². The van der Waals surface area contributed by atoms with Gasteiger partial charge in [-0.15, -0.1) is 0 Å². The maximum Gasteiger partial charge on any atom is 0.220 e. The minimum atomic E-state index is -0.483. The van der Waals surface area contributed by atoms with E-state index in [0.29, 0.717) is 43.6 Å². The summed E-state index contributed by atoms with van der Waals surface area (Å²) in [5, 5.41) is 6.39. The van der Waals surface area contributed by atoms with Crippen LogP contribution < -0.4 is 20.1 Å². The molecule has 3 aromatic rings. The van der Waals surface area contributed by atoms with E-state index in [1.165, 1.54) is 0 Å². The first-order chi connectivity index (χ1) is 17.4. The van der Waals surface area contributed by atoms with E-state index >= 15 is 0 Å². The average molecular weight is 488 g/mol. The van der Waals surface area contributed by atoms with E-state index < -0.39 is 5.54 Å². The summed E-state index contributed by atoms with van der Waals surface area (Å²) in [5.41, 5.74) is 3.66. The van der Waals surface area contributed by atoms with Crippen LogP contribution in [0.5, 0.6) is 11.5 Å². The highest BCUT2D eigenvalue weighted by molar-refractivity contribution is 5.80. The molecule has 1 saturated heterocycles. The highest BCUT2D eigenvalue weighted by atomic mass is 16.5. The molecule has 2 amide bonds. The van der Waals surface area contributed by atoms with E-state index in [9.17, 15) is 9.59 Å². The van der Waals surface area contributed by atoms with Crippen molar-refractivity contribution in [1.82, 2.24) is 15.6 Å². The van der Waals surface area contributed by atoms with Gasteiger partial charge in [-0.3, -0.25) is 14.6 Å². The summed E-state index contributed by atoms with van der Waals surface area (Å²) in [4.78, 5) is 29.6. The number of nitrogens with one attached hydrogen (secondary N) is 2. The minimum Gasteiger partial charge on any atom is -0.493 e. The SMILES string of the molecule is COc1ccc(C[C@]2(CCC(=O)N[C@H](c3ccncc3)c3ccccc3C)CCC(=O)N2)cc1OC. The van der Waals surface area contributed by atoms with E-state index in [1.54, 1.807) is 26.6 Å². The molecule has 0 bridgehead atoms. The maximum atomic E-state index is 13.3. The zero-order chi connectivity index (χ0) is 25.5. The van der Waals surface area contributed by atoms with Gasteiger partial charge < -0.3 is 20.1 Å². The molecule has 0 spiro atoms. The molecule has 7 heteroatoms. The molecule has 2 aromatic carbocycles. The molecule has 1 fully saturated rings. The predicted octanol–water partition coefficient (Wildman–Crippen LogP) is 4.28. The molecule has 188 valence electrons. The van der Waals surface area contributed by atoms with Crippen LogP contribution in [0.15, 0.2) is 67.0 Å². The fourth-order valence-electron chi connectivity index (χ4n) is 4.96. The van der Waals surface area contributed by atoms with E-state index in [1.807, 2.05) is 61.5 Å². The van der Waals surface area contributed by atoms with Gasteiger partial charge >= 0.3 is 0 Å². The second-order valence-electron chi connectivity index (χ2n) is 9.33. The Hall–Kier alpha value is -3.87. The number of hydrogen-bond donors (Lipinski definition) is 2. The molecule has 0 radical (unpaired) electrons. The normalized spacial score (nSPS) is 17.8. The van der Waals surface area contributed by atoms with Gasteiger partial charge in [0.05, 0.1) is 20.3 Å². The monoisotopic (exact) mass is 487 g/mol. The van der Waals surface area contributed by atoms with Crippen LogP contribution >= 0.6 is 0 Å². The molecule has 36 heavy (non-hydrogen) atoms. The molecule has 2 N–H and O–H groups in total. The topological polar surface area (TPSA) is 89.5 Å². The number of methoxy groups -OCH3 is 2. The molecule has 0 aliphatic carbocycles. The van der Waals surface area contributed by atoms with E-state index in [4.69, 9.17) is 9.47 Å². The van der Waals surface area contributed by atoms with Crippen LogP contribution in [0.2, 0.25) is 0 Å². The first-order valence-electron chi connectivity index (χ1n) is 12.2. The van der Waals surface area contributed by atoms with Crippen LogP contribution in [0.1, 0.15) is 54.0 Å². The van der Waals surface area contributed by atoms with Crippen LogP contribution in [-0.4, -0.2) is 36.6 Å². The zero-order valence-electron chi connectivity index (χ0n) is 21.0. The molecule has 2 atom stereocenters.